The summed E-state index contributed by atoms with van der Waals surface area (Å²) in [7, 11) is 0. The summed E-state index contributed by atoms with van der Waals surface area (Å²) in [6, 6.07) is 24.3. The van der Waals surface area contributed by atoms with Gasteiger partial charge >= 0.3 is 5.63 Å². The van der Waals surface area contributed by atoms with Gasteiger partial charge in [-0.3, -0.25) is 4.79 Å². The second-order valence-electron chi connectivity index (χ2n) is 7.24. The molecule has 4 aromatic rings. The molecule has 1 aromatic heterocycles. The maximum absolute atomic E-state index is 13.1. The van der Waals surface area contributed by atoms with E-state index in [0.29, 0.717) is 27.9 Å². The van der Waals surface area contributed by atoms with E-state index in [1.807, 2.05) is 66.7 Å². The van der Waals surface area contributed by atoms with Gasteiger partial charge in [-0.1, -0.05) is 74.5 Å². The smallest absolute Gasteiger partial charge is 0.344 e. The molecule has 4 nitrogen and oxygen atoms in total. The van der Waals surface area contributed by atoms with Gasteiger partial charge in [-0.25, -0.2) is 4.79 Å². The van der Waals surface area contributed by atoms with Crippen LogP contribution >= 0.6 is 0 Å². The summed E-state index contributed by atoms with van der Waals surface area (Å²) in [6.45, 7) is 4.23. The maximum Gasteiger partial charge on any atom is 0.344 e. The quantitative estimate of drug-likeness (QED) is 0.482. The molecule has 0 saturated heterocycles. The Morgan fingerprint density at radius 2 is 1.45 bits per heavy atom. The van der Waals surface area contributed by atoms with Crippen LogP contribution in [-0.4, -0.2) is 5.91 Å². The van der Waals surface area contributed by atoms with Gasteiger partial charge in [0.25, 0.3) is 5.91 Å². The van der Waals surface area contributed by atoms with E-state index in [4.69, 9.17) is 4.42 Å². The standard InChI is InChI=1S/C25H21NO3/c1-16(2)17-12-14-19(15-13-17)26-24(27)23-22(18-8-4-3-5-9-18)20-10-6-7-11-21(20)25(28)29-23/h3-16H,1-2H3,(H,26,27). The topological polar surface area (TPSA) is 59.3 Å². The molecule has 0 aliphatic carbocycles. The molecule has 0 atom stereocenters. The number of rotatable bonds is 4. The lowest BCUT2D eigenvalue weighted by Crippen LogP contribution is -2.17. The first kappa shape index (κ1) is 18.7. The highest BCUT2D eigenvalue weighted by Crippen LogP contribution is 2.31. The molecule has 0 radical (unpaired) electrons. The second kappa shape index (κ2) is 7.76. The van der Waals surface area contributed by atoms with E-state index >= 15 is 0 Å². The number of hydrogen-bond donors (Lipinski definition) is 1. The maximum atomic E-state index is 13.1. The molecule has 29 heavy (non-hydrogen) atoms. The number of nitrogens with one attached hydrogen (secondary N) is 1. The van der Waals surface area contributed by atoms with E-state index in [1.165, 1.54) is 5.56 Å². The van der Waals surface area contributed by atoms with Crippen LogP contribution < -0.4 is 10.9 Å². The van der Waals surface area contributed by atoms with Crippen molar-refractivity contribution in [2.45, 2.75) is 19.8 Å². The predicted octanol–water partition coefficient (Wildman–Crippen LogP) is 5.84. The first-order valence-corrected chi connectivity index (χ1v) is 9.57. The lowest BCUT2D eigenvalue weighted by atomic mass is 9.98. The van der Waals surface area contributed by atoms with Crippen LogP contribution in [0.1, 0.15) is 35.9 Å². The highest BCUT2D eigenvalue weighted by molar-refractivity contribution is 6.11. The molecule has 1 N–H and O–H groups in total. The molecule has 0 unspecified atom stereocenters. The molecule has 4 rings (SSSR count). The Labute approximate surface area is 168 Å². The SMILES string of the molecule is CC(C)c1ccc(NC(=O)c2oc(=O)c3ccccc3c2-c2ccccc2)cc1. The number of anilines is 1. The third-order valence-corrected chi connectivity index (χ3v) is 4.94. The van der Waals surface area contributed by atoms with Crippen molar-refractivity contribution in [2.75, 3.05) is 5.32 Å². The highest BCUT2D eigenvalue weighted by atomic mass is 16.4. The average Bonchev–Trinajstić information content (AvgIpc) is 2.74. The molecule has 1 amide bonds. The number of fused-ring (bicyclic) bond motifs is 1. The van der Waals surface area contributed by atoms with Crippen LogP contribution in [0, 0.1) is 0 Å². The predicted molar refractivity (Wildman–Crippen MR) is 116 cm³/mol. The van der Waals surface area contributed by atoms with E-state index < -0.39 is 11.5 Å². The Kier molecular flexibility index (Phi) is 5.00. The monoisotopic (exact) mass is 383 g/mol. The molecule has 0 bridgehead atoms. The lowest BCUT2D eigenvalue weighted by molar-refractivity contribution is 0.0994. The van der Waals surface area contributed by atoms with E-state index in [2.05, 4.69) is 19.2 Å². The molecule has 3 aromatic carbocycles. The van der Waals surface area contributed by atoms with Gasteiger partial charge in [-0.05, 0) is 35.2 Å². The Morgan fingerprint density at radius 1 is 0.828 bits per heavy atom. The van der Waals surface area contributed by atoms with Crippen molar-refractivity contribution in [2.24, 2.45) is 0 Å². The fraction of sp³-hybridized carbons (Fsp3) is 0.120. The average molecular weight is 383 g/mol. The van der Waals surface area contributed by atoms with Crippen LogP contribution in [0.5, 0.6) is 0 Å². The van der Waals surface area contributed by atoms with Crippen molar-refractivity contribution in [1.29, 1.82) is 0 Å². The second-order valence-corrected chi connectivity index (χ2v) is 7.24. The Hall–Kier alpha value is -3.66. The molecule has 0 spiro atoms. The fourth-order valence-corrected chi connectivity index (χ4v) is 3.39. The third-order valence-electron chi connectivity index (χ3n) is 4.94. The van der Waals surface area contributed by atoms with Crippen molar-refractivity contribution in [1.82, 2.24) is 0 Å². The molecular weight excluding hydrogens is 362 g/mol. The van der Waals surface area contributed by atoms with Gasteiger partial charge < -0.3 is 9.73 Å². The first-order chi connectivity index (χ1) is 14.0. The number of hydrogen-bond acceptors (Lipinski definition) is 3. The minimum atomic E-state index is -0.527. The zero-order valence-corrected chi connectivity index (χ0v) is 16.3. The van der Waals surface area contributed by atoms with Crippen molar-refractivity contribution in [3.05, 3.63) is 101 Å². The summed E-state index contributed by atoms with van der Waals surface area (Å²) < 4.78 is 5.50. The minimum Gasteiger partial charge on any atom is -0.416 e. The van der Waals surface area contributed by atoms with Crippen LogP contribution in [0.4, 0.5) is 5.69 Å². The number of carbonyl (C=O) groups excluding carboxylic acids is 1. The summed E-state index contributed by atoms with van der Waals surface area (Å²) in [5.74, 6) is -0.0419. The van der Waals surface area contributed by atoms with E-state index in [1.54, 1.807) is 12.1 Å². The van der Waals surface area contributed by atoms with Gasteiger partial charge in [0, 0.05) is 16.6 Å². The van der Waals surface area contributed by atoms with Crippen LogP contribution in [0.3, 0.4) is 0 Å². The molecule has 144 valence electrons. The van der Waals surface area contributed by atoms with Gasteiger partial charge in [0.15, 0.2) is 0 Å². The Balaban J connectivity index is 1.82. The van der Waals surface area contributed by atoms with E-state index in [0.717, 1.165) is 5.56 Å². The van der Waals surface area contributed by atoms with Crippen LogP contribution in [-0.2, 0) is 0 Å². The van der Waals surface area contributed by atoms with Crippen molar-refractivity contribution < 1.29 is 9.21 Å². The van der Waals surface area contributed by atoms with Crippen LogP contribution in [0.25, 0.3) is 21.9 Å². The zero-order valence-electron chi connectivity index (χ0n) is 16.3. The number of amides is 1. The molecule has 0 saturated carbocycles. The summed E-state index contributed by atoms with van der Waals surface area (Å²) >= 11 is 0. The molecular formula is C25H21NO3. The van der Waals surface area contributed by atoms with Crippen molar-refractivity contribution in [3.8, 4) is 11.1 Å². The Bertz CT molecular complexity index is 1220. The zero-order chi connectivity index (χ0) is 20.4. The van der Waals surface area contributed by atoms with Gasteiger partial charge in [-0.15, -0.1) is 0 Å². The third kappa shape index (κ3) is 3.69. The highest BCUT2D eigenvalue weighted by Gasteiger charge is 2.21. The Morgan fingerprint density at radius 3 is 2.10 bits per heavy atom. The van der Waals surface area contributed by atoms with Gasteiger partial charge in [0.05, 0.1) is 5.39 Å². The van der Waals surface area contributed by atoms with Gasteiger partial charge in [0.1, 0.15) is 0 Å². The summed E-state index contributed by atoms with van der Waals surface area (Å²) in [5, 5.41) is 3.99. The minimum absolute atomic E-state index is 0.00726. The molecule has 0 aliphatic rings. The van der Waals surface area contributed by atoms with E-state index in [-0.39, 0.29) is 5.76 Å². The summed E-state index contributed by atoms with van der Waals surface area (Å²) in [4.78, 5) is 25.6. The van der Waals surface area contributed by atoms with E-state index in [9.17, 15) is 9.59 Å². The van der Waals surface area contributed by atoms with Gasteiger partial charge in [-0.2, -0.15) is 0 Å². The fourth-order valence-electron chi connectivity index (χ4n) is 3.39. The molecule has 1 heterocycles. The van der Waals surface area contributed by atoms with Crippen molar-refractivity contribution >= 4 is 22.4 Å². The summed E-state index contributed by atoms with van der Waals surface area (Å²) in [6.07, 6.45) is 0. The lowest BCUT2D eigenvalue weighted by Gasteiger charge is -2.12. The first-order valence-electron chi connectivity index (χ1n) is 9.57. The molecule has 0 aliphatic heterocycles. The van der Waals surface area contributed by atoms with Crippen molar-refractivity contribution in [3.63, 3.8) is 0 Å². The molecule has 0 fully saturated rings. The van der Waals surface area contributed by atoms with Crippen LogP contribution in [0.15, 0.2) is 88.1 Å². The van der Waals surface area contributed by atoms with Gasteiger partial charge in [0.2, 0.25) is 5.76 Å². The van der Waals surface area contributed by atoms with Crippen LogP contribution in [0.2, 0.25) is 0 Å². The number of benzene rings is 3. The largest absolute Gasteiger partial charge is 0.416 e. The summed E-state index contributed by atoms with van der Waals surface area (Å²) in [5.41, 5.74) is 2.73. The normalized spacial score (nSPS) is 11.0. The number of carbonyl (C=O) groups is 1. The molecule has 4 heteroatoms.